The van der Waals surface area contributed by atoms with Crippen LogP contribution < -0.4 is 11.1 Å². The van der Waals surface area contributed by atoms with Gasteiger partial charge >= 0.3 is 0 Å². The van der Waals surface area contributed by atoms with Gasteiger partial charge in [-0.05, 0) is 41.8 Å². The van der Waals surface area contributed by atoms with Crippen LogP contribution in [-0.2, 0) is 17.8 Å². The topological polar surface area (TPSA) is 75.3 Å². The van der Waals surface area contributed by atoms with Gasteiger partial charge in [-0.1, -0.05) is 24.3 Å². The molecular weight excluding hydrogens is 271 g/mol. The Labute approximate surface area is 122 Å². The van der Waals surface area contributed by atoms with Crippen molar-refractivity contribution < 1.29 is 14.3 Å². The van der Waals surface area contributed by atoms with Gasteiger partial charge in [0.1, 0.15) is 11.6 Å². The molecular formula is C16H17FN2O2. The van der Waals surface area contributed by atoms with E-state index in [1.165, 1.54) is 12.1 Å². The van der Waals surface area contributed by atoms with Crippen molar-refractivity contribution >= 4 is 5.91 Å². The molecule has 0 saturated heterocycles. The molecule has 21 heavy (non-hydrogen) atoms. The molecule has 0 heterocycles. The summed E-state index contributed by atoms with van der Waals surface area (Å²) >= 11 is 0. The lowest BCUT2D eigenvalue weighted by Gasteiger charge is -2.12. The number of benzene rings is 2. The van der Waals surface area contributed by atoms with Gasteiger partial charge in [0.05, 0.1) is 6.04 Å². The quantitative estimate of drug-likeness (QED) is 0.784. The standard InChI is InChI=1S/C16H17FN2O2/c17-13-3-1-2-12(8-13)10-19-16(21)15(18)9-11-4-6-14(20)7-5-11/h1-8,15,20H,9-10,18H2,(H,19,21). The molecule has 4 N–H and O–H groups in total. The Morgan fingerprint density at radius 3 is 2.57 bits per heavy atom. The predicted molar refractivity (Wildman–Crippen MR) is 78.0 cm³/mol. The summed E-state index contributed by atoms with van der Waals surface area (Å²) in [5, 5.41) is 11.9. The molecule has 0 aliphatic rings. The minimum Gasteiger partial charge on any atom is -0.508 e. The largest absolute Gasteiger partial charge is 0.508 e. The molecule has 110 valence electrons. The summed E-state index contributed by atoms with van der Waals surface area (Å²) in [6.07, 6.45) is 0.370. The first-order chi connectivity index (χ1) is 10.0. The van der Waals surface area contributed by atoms with Gasteiger partial charge in [-0.25, -0.2) is 4.39 Å². The van der Waals surface area contributed by atoms with Crippen LogP contribution in [0.25, 0.3) is 0 Å². The third-order valence-corrected chi connectivity index (χ3v) is 3.08. The van der Waals surface area contributed by atoms with Crippen LogP contribution in [0.4, 0.5) is 4.39 Å². The molecule has 2 rings (SSSR count). The van der Waals surface area contributed by atoms with Crippen LogP contribution in [0.15, 0.2) is 48.5 Å². The molecule has 0 aromatic heterocycles. The third kappa shape index (κ3) is 4.57. The lowest BCUT2D eigenvalue weighted by molar-refractivity contribution is -0.122. The molecule has 0 aliphatic carbocycles. The van der Waals surface area contributed by atoms with E-state index in [1.54, 1.807) is 36.4 Å². The van der Waals surface area contributed by atoms with Crippen molar-refractivity contribution in [2.75, 3.05) is 0 Å². The highest BCUT2D eigenvalue weighted by molar-refractivity contribution is 5.81. The van der Waals surface area contributed by atoms with Crippen LogP contribution >= 0.6 is 0 Å². The van der Waals surface area contributed by atoms with Gasteiger partial charge in [-0.3, -0.25) is 4.79 Å². The second kappa shape index (κ2) is 6.85. The molecule has 1 atom stereocenters. The van der Waals surface area contributed by atoms with Gasteiger partial charge in [0.15, 0.2) is 0 Å². The maximum atomic E-state index is 13.0. The molecule has 0 bridgehead atoms. The van der Waals surface area contributed by atoms with Crippen LogP contribution in [0.1, 0.15) is 11.1 Å². The first-order valence-corrected chi connectivity index (χ1v) is 6.60. The zero-order valence-electron chi connectivity index (χ0n) is 11.4. The van der Waals surface area contributed by atoms with Gasteiger partial charge in [-0.2, -0.15) is 0 Å². The molecule has 0 spiro atoms. The molecule has 1 amide bonds. The number of hydrogen-bond acceptors (Lipinski definition) is 3. The first kappa shape index (κ1) is 15.0. The van der Waals surface area contributed by atoms with Gasteiger partial charge in [0, 0.05) is 6.54 Å². The molecule has 0 radical (unpaired) electrons. The number of nitrogens with two attached hydrogens (primary N) is 1. The van der Waals surface area contributed by atoms with Crippen molar-refractivity contribution in [3.8, 4) is 5.75 Å². The number of aromatic hydroxyl groups is 1. The number of rotatable bonds is 5. The van der Waals surface area contributed by atoms with E-state index in [-0.39, 0.29) is 24.0 Å². The molecule has 0 fully saturated rings. The number of halogens is 1. The summed E-state index contributed by atoms with van der Waals surface area (Å²) < 4.78 is 13.0. The lowest BCUT2D eigenvalue weighted by Crippen LogP contribution is -2.41. The van der Waals surface area contributed by atoms with Crippen LogP contribution in [0.5, 0.6) is 5.75 Å². The fourth-order valence-corrected chi connectivity index (χ4v) is 1.95. The van der Waals surface area contributed by atoms with Crippen LogP contribution in [0.3, 0.4) is 0 Å². The summed E-state index contributed by atoms with van der Waals surface area (Å²) in [5.41, 5.74) is 7.38. The summed E-state index contributed by atoms with van der Waals surface area (Å²) in [6.45, 7) is 0.236. The van der Waals surface area contributed by atoms with Crippen molar-refractivity contribution in [3.63, 3.8) is 0 Å². The highest BCUT2D eigenvalue weighted by Gasteiger charge is 2.13. The molecule has 2 aromatic carbocycles. The van der Waals surface area contributed by atoms with E-state index in [0.717, 1.165) is 5.56 Å². The average molecular weight is 288 g/mol. The Morgan fingerprint density at radius 2 is 1.90 bits per heavy atom. The van der Waals surface area contributed by atoms with E-state index >= 15 is 0 Å². The number of nitrogens with one attached hydrogen (secondary N) is 1. The number of hydrogen-bond donors (Lipinski definition) is 3. The number of amides is 1. The second-order valence-electron chi connectivity index (χ2n) is 4.82. The smallest absolute Gasteiger partial charge is 0.237 e. The predicted octanol–water partition coefficient (Wildman–Crippen LogP) is 1.72. The van der Waals surface area contributed by atoms with Crippen molar-refractivity contribution in [1.29, 1.82) is 0 Å². The Balaban J connectivity index is 1.86. The maximum Gasteiger partial charge on any atom is 0.237 e. The van der Waals surface area contributed by atoms with Gasteiger partial charge in [0.25, 0.3) is 0 Å². The number of phenolic OH excluding ortho intramolecular Hbond substituents is 1. The fourth-order valence-electron chi connectivity index (χ4n) is 1.95. The zero-order valence-corrected chi connectivity index (χ0v) is 11.4. The maximum absolute atomic E-state index is 13.0. The van der Waals surface area contributed by atoms with E-state index in [2.05, 4.69) is 5.32 Å². The Kier molecular flexibility index (Phi) is 4.90. The van der Waals surface area contributed by atoms with Gasteiger partial charge in [-0.15, -0.1) is 0 Å². The van der Waals surface area contributed by atoms with Gasteiger partial charge < -0.3 is 16.2 Å². The van der Waals surface area contributed by atoms with Crippen molar-refractivity contribution in [3.05, 3.63) is 65.5 Å². The highest BCUT2D eigenvalue weighted by Crippen LogP contribution is 2.11. The monoisotopic (exact) mass is 288 g/mol. The molecule has 2 aromatic rings. The zero-order chi connectivity index (χ0) is 15.2. The third-order valence-electron chi connectivity index (χ3n) is 3.08. The Morgan fingerprint density at radius 1 is 1.19 bits per heavy atom. The summed E-state index contributed by atoms with van der Waals surface area (Å²) in [4.78, 5) is 11.9. The first-order valence-electron chi connectivity index (χ1n) is 6.60. The minimum atomic E-state index is -0.692. The van der Waals surface area contributed by atoms with Crippen molar-refractivity contribution in [2.24, 2.45) is 5.73 Å². The van der Waals surface area contributed by atoms with Crippen LogP contribution in [-0.4, -0.2) is 17.1 Å². The highest BCUT2D eigenvalue weighted by atomic mass is 19.1. The van der Waals surface area contributed by atoms with E-state index in [0.29, 0.717) is 12.0 Å². The summed E-state index contributed by atoms with van der Waals surface area (Å²) in [5.74, 6) is -0.467. The molecule has 0 aliphatic heterocycles. The average Bonchev–Trinajstić information content (AvgIpc) is 2.47. The van der Waals surface area contributed by atoms with Crippen LogP contribution in [0, 0.1) is 5.82 Å². The fraction of sp³-hybridized carbons (Fsp3) is 0.188. The van der Waals surface area contributed by atoms with E-state index in [9.17, 15) is 14.3 Å². The molecule has 5 heteroatoms. The molecule has 0 saturated carbocycles. The lowest BCUT2D eigenvalue weighted by atomic mass is 10.1. The van der Waals surface area contributed by atoms with Crippen molar-refractivity contribution in [1.82, 2.24) is 5.32 Å². The van der Waals surface area contributed by atoms with Crippen molar-refractivity contribution in [2.45, 2.75) is 19.0 Å². The Hall–Kier alpha value is -2.40. The van der Waals surface area contributed by atoms with Gasteiger partial charge in [0.2, 0.25) is 5.91 Å². The second-order valence-corrected chi connectivity index (χ2v) is 4.82. The summed E-state index contributed by atoms with van der Waals surface area (Å²) in [7, 11) is 0. The molecule has 4 nitrogen and oxygen atoms in total. The van der Waals surface area contributed by atoms with E-state index < -0.39 is 6.04 Å². The van der Waals surface area contributed by atoms with E-state index in [4.69, 9.17) is 5.73 Å². The SMILES string of the molecule is NC(Cc1ccc(O)cc1)C(=O)NCc1cccc(F)c1. The minimum absolute atomic E-state index is 0.169. The normalized spacial score (nSPS) is 11.9. The Bertz CT molecular complexity index is 614. The number of carbonyl (C=O) groups excluding carboxylic acids is 1. The number of carbonyl (C=O) groups is 1. The summed E-state index contributed by atoms with van der Waals surface area (Å²) in [6, 6.07) is 11.9. The van der Waals surface area contributed by atoms with E-state index in [1.807, 2.05) is 0 Å². The van der Waals surface area contributed by atoms with Crippen LogP contribution in [0.2, 0.25) is 0 Å². The number of phenols is 1. The molecule has 1 unspecified atom stereocenters.